The van der Waals surface area contributed by atoms with E-state index in [9.17, 15) is 4.79 Å². The Kier molecular flexibility index (Phi) is 3.50. The van der Waals surface area contributed by atoms with Gasteiger partial charge in [-0.1, -0.05) is 13.3 Å². The van der Waals surface area contributed by atoms with Crippen LogP contribution in [-0.4, -0.2) is 24.2 Å². The van der Waals surface area contributed by atoms with Crippen molar-refractivity contribution in [2.24, 2.45) is 0 Å². The lowest BCUT2D eigenvalue weighted by Crippen LogP contribution is -2.13. The molecule has 96 valence electrons. The number of benzene rings is 1. The molecule has 1 N–H and O–H groups in total. The minimum Gasteiger partial charge on any atom is -0.493 e. The number of nitrogens with one attached hydrogen (secondary N) is 1. The van der Waals surface area contributed by atoms with E-state index in [0.29, 0.717) is 17.0 Å². The Morgan fingerprint density at radius 2 is 1.89 bits per heavy atom. The van der Waals surface area contributed by atoms with Gasteiger partial charge in [0.05, 0.1) is 19.7 Å². The molecule has 2 rings (SSSR count). The fourth-order valence-corrected chi connectivity index (χ4v) is 1.98. The van der Waals surface area contributed by atoms with Crippen molar-refractivity contribution in [2.45, 2.75) is 19.8 Å². The fraction of sp³-hybridized carbons (Fsp3) is 0.385. The molecule has 0 aliphatic rings. The van der Waals surface area contributed by atoms with Crippen LogP contribution in [0.5, 0.6) is 11.5 Å². The zero-order valence-electron chi connectivity index (χ0n) is 10.7. The number of aromatic amines is 1. The number of hydrogen-bond acceptors (Lipinski definition) is 4. The largest absolute Gasteiger partial charge is 0.493 e. The summed E-state index contributed by atoms with van der Waals surface area (Å²) in [6.07, 6.45) is 1.74. The molecule has 0 radical (unpaired) electrons. The Morgan fingerprint density at radius 1 is 1.22 bits per heavy atom. The van der Waals surface area contributed by atoms with E-state index in [1.807, 2.05) is 6.07 Å². The van der Waals surface area contributed by atoms with E-state index in [1.165, 1.54) is 0 Å². The molecule has 5 nitrogen and oxygen atoms in total. The highest BCUT2D eigenvalue weighted by Crippen LogP contribution is 2.31. The first-order valence-corrected chi connectivity index (χ1v) is 5.84. The van der Waals surface area contributed by atoms with Gasteiger partial charge in [-0.2, -0.15) is 4.98 Å². The van der Waals surface area contributed by atoms with Gasteiger partial charge in [-0.15, -0.1) is 0 Å². The lowest BCUT2D eigenvalue weighted by atomic mass is 10.1. The lowest BCUT2D eigenvalue weighted by Gasteiger charge is -2.10. The lowest BCUT2D eigenvalue weighted by molar-refractivity contribution is 0.355. The molecule has 1 heterocycles. The molecule has 0 aliphatic carbocycles. The minimum atomic E-state index is -0.335. The van der Waals surface area contributed by atoms with E-state index in [-0.39, 0.29) is 5.69 Å². The van der Waals surface area contributed by atoms with Crippen LogP contribution in [0.25, 0.3) is 10.9 Å². The van der Waals surface area contributed by atoms with Crippen molar-refractivity contribution in [3.63, 3.8) is 0 Å². The number of nitrogens with zero attached hydrogens (tertiary/aromatic N) is 1. The Hall–Kier alpha value is -2.04. The maximum atomic E-state index is 11.5. The fourth-order valence-electron chi connectivity index (χ4n) is 1.98. The van der Waals surface area contributed by atoms with Crippen LogP contribution in [-0.2, 0) is 6.42 Å². The van der Waals surface area contributed by atoms with Crippen molar-refractivity contribution >= 4 is 10.9 Å². The second-order valence-corrected chi connectivity index (χ2v) is 3.99. The average Bonchev–Trinajstić information content (AvgIpc) is 2.37. The Balaban J connectivity index is 2.75. The van der Waals surface area contributed by atoms with Crippen molar-refractivity contribution in [2.75, 3.05) is 14.2 Å². The number of ether oxygens (including phenoxy) is 2. The van der Waals surface area contributed by atoms with Crippen LogP contribution in [0.1, 0.15) is 19.0 Å². The molecule has 0 saturated heterocycles. The molecule has 1 aromatic carbocycles. The van der Waals surface area contributed by atoms with Crippen LogP contribution in [0.15, 0.2) is 16.9 Å². The molecule has 0 unspecified atom stereocenters. The predicted molar refractivity (Wildman–Crippen MR) is 69.5 cm³/mol. The highest BCUT2D eigenvalue weighted by Gasteiger charge is 2.10. The van der Waals surface area contributed by atoms with E-state index in [2.05, 4.69) is 16.9 Å². The second kappa shape index (κ2) is 5.08. The van der Waals surface area contributed by atoms with E-state index in [4.69, 9.17) is 9.47 Å². The summed E-state index contributed by atoms with van der Waals surface area (Å²) >= 11 is 0. The van der Waals surface area contributed by atoms with Gasteiger partial charge in [-0.05, 0) is 12.5 Å². The predicted octanol–water partition coefficient (Wildman–Crippen LogP) is 1.89. The zero-order valence-corrected chi connectivity index (χ0v) is 10.7. The van der Waals surface area contributed by atoms with Gasteiger partial charge in [0.1, 0.15) is 0 Å². The molecule has 0 atom stereocenters. The van der Waals surface area contributed by atoms with Crippen LogP contribution in [0, 0.1) is 0 Å². The van der Waals surface area contributed by atoms with E-state index in [1.54, 1.807) is 20.3 Å². The SMILES string of the molecule is CCCc1[nH]c(=O)nc2cc(OC)c(OC)cc12. The van der Waals surface area contributed by atoms with Gasteiger partial charge in [0.25, 0.3) is 0 Å². The maximum Gasteiger partial charge on any atom is 0.345 e. The summed E-state index contributed by atoms with van der Waals surface area (Å²) in [5, 5.41) is 0.897. The number of H-pyrrole nitrogens is 1. The average molecular weight is 248 g/mol. The van der Waals surface area contributed by atoms with Crippen molar-refractivity contribution in [3.8, 4) is 11.5 Å². The van der Waals surface area contributed by atoms with Crippen LogP contribution < -0.4 is 15.2 Å². The Bertz CT molecular complexity index is 619. The smallest absolute Gasteiger partial charge is 0.345 e. The highest BCUT2D eigenvalue weighted by atomic mass is 16.5. The molecule has 5 heteroatoms. The van der Waals surface area contributed by atoms with Gasteiger partial charge in [0, 0.05) is 17.1 Å². The zero-order chi connectivity index (χ0) is 13.1. The monoisotopic (exact) mass is 248 g/mol. The molecule has 2 aromatic rings. The molecule has 0 bridgehead atoms. The van der Waals surface area contributed by atoms with Crippen molar-refractivity contribution in [1.82, 2.24) is 9.97 Å². The Morgan fingerprint density at radius 3 is 2.50 bits per heavy atom. The van der Waals surface area contributed by atoms with Crippen molar-refractivity contribution in [3.05, 3.63) is 28.3 Å². The van der Waals surface area contributed by atoms with Crippen LogP contribution >= 0.6 is 0 Å². The standard InChI is InChI=1S/C13H16N2O3/c1-4-5-9-8-6-11(17-2)12(18-3)7-10(8)15-13(16)14-9/h6-7H,4-5H2,1-3H3,(H,14,15,16). The third-order valence-electron chi connectivity index (χ3n) is 2.81. The second-order valence-electron chi connectivity index (χ2n) is 3.99. The summed E-state index contributed by atoms with van der Waals surface area (Å²) in [7, 11) is 3.14. The highest BCUT2D eigenvalue weighted by molar-refractivity contribution is 5.84. The quantitative estimate of drug-likeness (QED) is 0.897. The summed E-state index contributed by atoms with van der Waals surface area (Å²) in [4.78, 5) is 18.2. The number of methoxy groups -OCH3 is 2. The summed E-state index contributed by atoms with van der Waals surface area (Å²) in [5.74, 6) is 1.21. The molecule has 18 heavy (non-hydrogen) atoms. The Labute approximate surface area is 105 Å². The normalized spacial score (nSPS) is 10.6. The van der Waals surface area contributed by atoms with Gasteiger partial charge in [0.2, 0.25) is 0 Å². The third-order valence-corrected chi connectivity index (χ3v) is 2.81. The van der Waals surface area contributed by atoms with E-state index in [0.717, 1.165) is 23.9 Å². The molecular formula is C13H16N2O3. The number of fused-ring (bicyclic) bond motifs is 1. The number of aryl methyl sites for hydroxylation is 1. The summed E-state index contributed by atoms with van der Waals surface area (Å²) < 4.78 is 10.5. The first-order valence-electron chi connectivity index (χ1n) is 5.84. The molecule has 1 aromatic heterocycles. The topological polar surface area (TPSA) is 64.2 Å². The minimum absolute atomic E-state index is 0.335. The number of rotatable bonds is 4. The van der Waals surface area contributed by atoms with Gasteiger partial charge in [-0.25, -0.2) is 4.79 Å². The van der Waals surface area contributed by atoms with E-state index < -0.39 is 0 Å². The van der Waals surface area contributed by atoms with Crippen LogP contribution in [0.2, 0.25) is 0 Å². The molecule has 0 amide bonds. The molecular weight excluding hydrogens is 232 g/mol. The van der Waals surface area contributed by atoms with E-state index >= 15 is 0 Å². The van der Waals surface area contributed by atoms with Gasteiger partial charge < -0.3 is 14.5 Å². The molecule has 0 fully saturated rings. The number of hydrogen-bond donors (Lipinski definition) is 1. The third kappa shape index (κ3) is 2.16. The first kappa shape index (κ1) is 12.4. The maximum absolute atomic E-state index is 11.5. The molecule has 0 saturated carbocycles. The van der Waals surface area contributed by atoms with Crippen molar-refractivity contribution < 1.29 is 9.47 Å². The first-order chi connectivity index (χ1) is 8.69. The number of aromatic nitrogens is 2. The molecule has 0 aliphatic heterocycles. The van der Waals surface area contributed by atoms with Crippen molar-refractivity contribution in [1.29, 1.82) is 0 Å². The summed E-state index contributed by atoms with van der Waals surface area (Å²) in [6, 6.07) is 3.57. The van der Waals surface area contributed by atoms with Crippen LogP contribution in [0.4, 0.5) is 0 Å². The van der Waals surface area contributed by atoms with Gasteiger partial charge in [0.15, 0.2) is 11.5 Å². The molecule has 0 spiro atoms. The van der Waals surface area contributed by atoms with Gasteiger partial charge >= 0.3 is 5.69 Å². The van der Waals surface area contributed by atoms with Gasteiger partial charge in [-0.3, -0.25) is 0 Å². The summed E-state index contributed by atoms with van der Waals surface area (Å²) in [6.45, 7) is 2.06. The van der Waals surface area contributed by atoms with Crippen LogP contribution in [0.3, 0.4) is 0 Å². The summed E-state index contributed by atoms with van der Waals surface area (Å²) in [5.41, 5.74) is 1.17.